The number of rotatable bonds is 4. The lowest BCUT2D eigenvalue weighted by molar-refractivity contribution is -0.138. The van der Waals surface area contributed by atoms with Crippen molar-refractivity contribution in [3.05, 3.63) is 62.1 Å². The molecule has 2 unspecified atom stereocenters. The number of aromatic nitrogens is 5. The largest absolute Gasteiger partial charge is 0.340 e. The number of nitrogens with zero attached hydrogens (tertiary/aromatic N) is 10. The molecule has 10 rings (SSSR count). The fourth-order valence-electron chi connectivity index (χ4n) is 8.45. The minimum atomic E-state index is 0.0704. The first-order chi connectivity index (χ1) is 26.8. The molecule has 5 aliphatic rings. The van der Waals surface area contributed by atoms with Gasteiger partial charge in [0.05, 0.1) is 17.3 Å². The average Bonchev–Trinajstić information content (AvgIpc) is 3.93. The minimum Gasteiger partial charge on any atom is -0.340 e. The summed E-state index contributed by atoms with van der Waals surface area (Å²) in [4.78, 5) is 65.4. The smallest absolute Gasteiger partial charge is 0.226 e. The quantitative estimate of drug-likeness (QED) is 0.251. The summed E-state index contributed by atoms with van der Waals surface area (Å²) in [5.41, 5.74) is 4.80. The van der Waals surface area contributed by atoms with Crippen LogP contribution in [0, 0.1) is 11.8 Å². The van der Waals surface area contributed by atoms with Crippen LogP contribution < -0.4 is 5.32 Å². The summed E-state index contributed by atoms with van der Waals surface area (Å²) in [5, 5.41) is 6.02. The molecule has 0 spiro atoms. The lowest BCUT2D eigenvalue weighted by Crippen LogP contribution is -2.49. The van der Waals surface area contributed by atoms with Gasteiger partial charge in [0, 0.05) is 97.5 Å². The highest BCUT2D eigenvalue weighted by Gasteiger charge is 2.34. The van der Waals surface area contributed by atoms with Crippen LogP contribution in [0.1, 0.15) is 44.8 Å². The fraction of sp³-hybridized carbons (Fsp3) is 0.487. The maximum Gasteiger partial charge on any atom is 0.226 e. The van der Waals surface area contributed by atoms with Gasteiger partial charge in [0.2, 0.25) is 11.8 Å². The number of carbonyl (C=O) groups excluding carboxylic acids is 2. The Morgan fingerprint density at radius 1 is 0.745 bits per heavy atom. The summed E-state index contributed by atoms with van der Waals surface area (Å²) in [7, 11) is 4.22. The van der Waals surface area contributed by atoms with Gasteiger partial charge in [-0.15, -0.1) is 22.7 Å². The van der Waals surface area contributed by atoms with Gasteiger partial charge >= 0.3 is 0 Å². The molecule has 16 heteroatoms. The lowest BCUT2D eigenvalue weighted by atomic mass is 9.86. The number of hydrogen-bond donors (Lipinski definition) is 1. The number of hydrogen-bond acceptors (Lipinski definition) is 13. The Hall–Kier alpha value is -4.15. The van der Waals surface area contributed by atoms with Gasteiger partial charge in [0.15, 0.2) is 0 Å². The standard InChI is InChI=1S/C23H25N7OS.C16H19ClN4OS/c1-29-4-6-30(7-5-29)23(31)14-2-3-17-18(8-14)32-22-20(17)21(26-13-27-22)28-19-9-15-10-24-11-16(15)12-25-19;1-20-4-6-21(7-5-20)16(22)10-2-3-11-12(8-10)23-15-13(11)14(17)18-9-19-15/h9-10,12-14H,2-8,11H2,1H3,(H,25,26,27,28);9-10H,2-8H2,1H3. The Kier molecular flexibility index (Phi) is 10.2. The Balaban J connectivity index is 0.000000153. The molecular formula is C39H44ClN11O2S2. The maximum atomic E-state index is 13.1. The highest BCUT2D eigenvalue weighted by atomic mass is 35.5. The minimum absolute atomic E-state index is 0.0704. The van der Waals surface area contributed by atoms with Crippen molar-refractivity contribution in [2.75, 3.05) is 71.8 Å². The fourth-order valence-corrected chi connectivity index (χ4v) is 11.3. The Labute approximate surface area is 332 Å². The zero-order valence-electron chi connectivity index (χ0n) is 31.1. The summed E-state index contributed by atoms with van der Waals surface area (Å²) in [6, 6.07) is 2.02. The zero-order valence-corrected chi connectivity index (χ0v) is 33.5. The number of aliphatic imine (C=N–C) groups is 1. The first-order valence-electron chi connectivity index (χ1n) is 19.2. The summed E-state index contributed by atoms with van der Waals surface area (Å²) in [5.74, 6) is 2.36. The molecule has 2 amide bonds. The number of nitrogens with one attached hydrogen (secondary N) is 1. The van der Waals surface area contributed by atoms with E-state index in [2.05, 4.69) is 64.0 Å². The molecule has 3 aliphatic heterocycles. The van der Waals surface area contributed by atoms with Crippen LogP contribution in [-0.2, 0) is 41.8 Å². The molecule has 0 saturated carbocycles. The van der Waals surface area contributed by atoms with Crippen LogP contribution in [0.5, 0.6) is 0 Å². The van der Waals surface area contributed by atoms with Crippen molar-refractivity contribution in [3.8, 4) is 0 Å². The van der Waals surface area contributed by atoms with E-state index in [-0.39, 0.29) is 11.8 Å². The normalized spacial score (nSPS) is 21.2. The van der Waals surface area contributed by atoms with E-state index < -0.39 is 0 Å². The number of fused-ring (bicyclic) bond motifs is 7. The van der Waals surface area contributed by atoms with E-state index in [1.165, 1.54) is 27.2 Å². The van der Waals surface area contributed by atoms with Crippen LogP contribution in [0.2, 0.25) is 5.15 Å². The Bertz CT molecular complexity index is 2290. The summed E-state index contributed by atoms with van der Waals surface area (Å²) in [6.45, 7) is 7.93. The van der Waals surface area contributed by atoms with Crippen LogP contribution in [0.15, 0.2) is 29.9 Å². The van der Waals surface area contributed by atoms with Crippen LogP contribution in [0.4, 0.5) is 11.6 Å². The molecule has 2 saturated heterocycles. The number of amides is 2. The predicted octanol–water partition coefficient (Wildman–Crippen LogP) is 4.86. The molecular weight excluding hydrogens is 754 g/mol. The van der Waals surface area contributed by atoms with E-state index in [9.17, 15) is 9.59 Å². The van der Waals surface area contributed by atoms with Gasteiger partial charge in [0.1, 0.15) is 39.1 Å². The monoisotopic (exact) mass is 797 g/mol. The number of carbonyl (C=O) groups is 2. The number of likely N-dealkylation sites (N-methyl/N-ethyl adjacent to an activating group) is 2. The van der Waals surface area contributed by atoms with E-state index in [1.807, 2.05) is 23.4 Å². The molecule has 0 bridgehead atoms. The average molecular weight is 798 g/mol. The van der Waals surface area contributed by atoms with Crippen LogP contribution >= 0.6 is 34.3 Å². The third-order valence-electron chi connectivity index (χ3n) is 11.7. The van der Waals surface area contributed by atoms with Crippen LogP contribution in [-0.4, -0.2) is 129 Å². The van der Waals surface area contributed by atoms with Gasteiger partial charge in [-0.2, -0.15) is 0 Å². The van der Waals surface area contributed by atoms with E-state index in [0.29, 0.717) is 23.5 Å². The summed E-state index contributed by atoms with van der Waals surface area (Å²) >= 11 is 9.61. The third kappa shape index (κ3) is 7.32. The van der Waals surface area contributed by atoms with Crippen molar-refractivity contribution in [3.63, 3.8) is 0 Å². The van der Waals surface area contributed by atoms with E-state index in [1.54, 1.807) is 29.0 Å². The van der Waals surface area contributed by atoms with Gasteiger partial charge < -0.3 is 24.9 Å². The van der Waals surface area contributed by atoms with Gasteiger partial charge in [-0.25, -0.2) is 24.9 Å². The van der Waals surface area contributed by atoms with Crippen molar-refractivity contribution < 1.29 is 9.59 Å². The number of pyridine rings is 1. The first-order valence-corrected chi connectivity index (χ1v) is 21.2. The molecule has 0 aromatic carbocycles. The SMILES string of the molecule is CN1CCN(C(=O)C2CCc3c(sc4ncnc(Cl)c34)C2)CC1.CN1CCN(C(=O)C2CCc3c(sc4ncnc(Nc5cc6c(cn5)CN=C6)c34)C2)CC1. The molecule has 5 aromatic rings. The molecule has 8 heterocycles. The lowest BCUT2D eigenvalue weighted by Gasteiger charge is -2.35. The molecule has 5 aromatic heterocycles. The van der Waals surface area contributed by atoms with E-state index in [4.69, 9.17) is 11.6 Å². The molecule has 1 N–H and O–H groups in total. The van der Waals surface area contributed by atoms with Crippen LogP contribution in [0.3, 0.4) is 0 Å². The third-order valence-corrected chi connectivity index (χ3v) is 14.3. The second kappa shape index (κ2) is 15.4. The van der Waals surface area contributed by atoms with Gasteiger partial charge in [-0.1, -0.05) is 11.6 Å². The molecule has 0 radical (unpaired) electrons. The van der Waals surface area contributed by atoms with Crippen molar-refractivity contribution >= 4 is 84.4 Å². The highest BCUT2D eigenvalue weighted by molar-refractivity contribution is 7.19. The molecule has 55 heavy (non-hydrogen) atoms. The second-order valence-electron chi connectivity index (χ2n) is 15.3. The number of thiophene rings is 2. The van der Waals surface area contributed by atoms with Crippen molar-refractivity contribution in [1.82, 2.24) is 44.5 Å². The number of anilines is 2. The van der Waals surface area contributed by atoms with Crippen molar-refractivity contribution in [2.45, 2.75) is 45.1 Å². The van der Waals surface area contributed by atoms with Crippen molar-refractivity contribution in [1.29, 1.82) is 0 Å². The summed E-state index contributed by atoms with van der Waals surface area (Å²) in [6.07, 6.45) is 12.1. The number of aryl methyl sites for hydroxylation is 2. The molecule has 2 aliphatic carbocycles. The maximum absolute atomic E-state index is 13.1. The zero-order chi connectivity index (χ0) is 37.6. The van der Waals surface area contributed by atoms with Gasteiger partial charge in [-0.3, -0.25) is 14.6 Å². The van der Waals surface area contributed by atoms with E-state index >= 15 is 0 Å². The molecule has 13 nitrogen and oxygen atoms in total. The Morgan fingerprint density at radius 2 is 1.31 bits per heavy atom. The topological polar surface area (TPSA) is 136 Å². The molecule has 2 fully saturated rings. The summed E-state index contributed by atoms with van der Waals surface area (Å²) < 4.78 is 0. The first kappa shape index (κ1) is 36.5. The number of piperazine rings is 2. The van der Waals surface area contributed by atoms with Gasteiger partial charge in [-0.05, 0) is 69.8 Å². The highest BCUT2D eigenvalue weighted by Crippen LogP contribution is 2.42. The Morgan fingerprint density at radius 3 is 1.93 bits per heavy atom. The second-order valence-corrected chi connectivity index (χ2v) is 17.8. The molecule has 2 atom stereocenters. The van der Waals surface area contributed by atoms with Crippen molar-refractivity contribution in [2.24, 2.45) is 16.8 Å². The van der Waals surface area contributed by atoms with E-state index in [0.717, 1.165) is 134 Å². The van der Waals surface area contributed by atoms with Gasteiger partial charge in [0.25, 0.3) is 0 Å². The number of halogens is 1. The predicted molar refractivity (Wildman–Crippen MR) is 218 cm³/mol. The molecule has 286 valence electrons. The van der Waals surface area contributed by atoms with Crippen LogP contribution in [0.25, 0.3) is 20.4 Å².